The molecule has 3 amide bonds. The third-order valence-corrected chi connectivity index (χ3v) is 3.94. The number of imide groups is 1. The van der Waals surface area contributed by atoms with Crippen LogP contribution in [0.1, 0.15) is 43.7 Å². The maximum atomic E-state index is 12.5. The summed E-state index contributed by atoms with van der Waals surface area (Å²) in [5.74, 6) is -1.55. The van der Waals surface area contributed by atoms with E-state index in [0.717, 1.165) is 0 Å². The quantitative estimate of drug-likeness (QED) is 0.760. The summed E-state index contributed by atoms with van der Waals surface area (Å²) in [5, 5.41) is 9.05. The van der Waals surface area contributed by atoms with Crippen LogP contribution in [0.3, 0.4) is 0 Å². The second-order valence-corrected chi connectivity index (χ2v) is 7.60. The number of aryl methyl sites for hydroxylation is 1. The molecule has 28 heavy (non-hydrogen) atoms. The lowest BCUT2D eigenvalue weighted by atomic mass is 10.1. The molecule has 0 unspecified atom stereocenters. The minimum Gasteiger partial charge on any atom is -0.449 e. The third-order valence-electron chi connectivity index (χ3n) is 3.59. The summed E-state index contributed by atoms with van der Waals surface area (Å²) in [5.41, 5.74) is 0.585. The molecule has 0 fully saturated rings. The minimum absolute atomic E-state index is 0.0595. The highest BCUT2D eigenvalue weighted by atomic mass is 35.5. The number of para-hydroxylation sites is 1. The van der Waals surface area contributed by atoms with Gasteiger partial charge in [0.15, 0.2) is 6.10 Å². The average molecular weight is 407 g/mol. The Hall–Kier alpha value is -2.87. The standard InChI is InChI=1S/C19H23ClN4O4/c1-11-14(15(20)24(23-11)13-9-7-6-8-10-13)17(26)28-12(2)16(25)21-18(27)22-19(3,4)5/h6-10,12H,1-5H3,(H2,21,22,25,27)/t12-/m1/s1. The first-order valence-corrected chi connectivity index (χ1v) is 9.02. The van der Waals surface area contributed by atoms with Crippen molar-refractivity contribution in [3.8, 4) is 5.69 Å². The molecular formula is C19H23ClN4O4. The molecule has 2 N–H and O–H groups in total. The van der Waals surface area contributed by atoms with Crippen molar-refractivity contribution in [3.05, 3.63) is 46.7 Å². The smallest absolute Gasteiger partial charge is 0.344 e. The molecule has 1 heterocycles. The monoisotopic (exact) mass is 406 g/mol. The predicted molar refractivity (Wildman–Crippen MR) is 105 cm³/mol. The van der Waals surface area contributed by atoms with Crippen molar-refractivity contribution in [3.63, 3.8) is 0 Å². The van der Waals surface area contributed by atoms with Gasteiger partial charge in [-0.15, -0.1) is 0 Å². The van der Waals surface area contributed by atoms with E-state index in [9.17, 15) is 14.4 Å². The van der Waals surface area contributed by atoms with Gasteiger partial charge in [-0.2, -0.15) is 5.10 Å². The molecule has 0 bridgehead atoms. The second kappa shape index (κ2) is 8.43. The summed E-state index contributed by atoms with van der Waals surface area (Å²) >= 11 is 6.31. The molecule has 0 aliphatic carbocycles. The van der Waals surface area contributed by atoms with E-state index < -0.39 is 29.6 Å². The first-order valence-electron chi connectivity index (χ1n) is 8.64. The summed E-state index contributed by atoms with van der Waals surface area (Å²) in [6, 6.07) is 8.38. The van der Waals surface area contributed by atoms with Crippen molar-refractivity contribution in [2.75, 3.05) is 0 Å². The molecule has 1 aromatic heterocycles. The van der Waals surface area contributed by atoms with Crippen molar-refractivity contribution in [2.24, 2.45) is 0 Å². The van der Waals surface area contributed by atoms with E-state index in [0.29, 0.717) is 11.4 Å². The number of esters is 1. The van der Waals surface area contributed by atoms with E-state index in [1.54, 1.807) is 39.8 Å². The molecule has 0 saturated carbocycles. The van der Waals surface area contributed by atoms with Crippen LogP contribution in [0.15, 0.2) is 30.3 Å². The highest BCUT2D eigenvalue weighted by Gasteiger charge is 2.27. The number of ether oxygens (including phenoxy) is 1. The lowest BCUT2D eigenvalue weighted by Crippen LogP contribution is -2.50. The summed E-state index contributed by atoms with van der Waals surface area (Å²) in [6.45, 7) is 8.30. The minimum atomic E-state index is -1.20. The fourth-order valence-electron chi connectivity index (χ4n) is 2.33. The molecular weight excluding hydrogens is 384 g/mol. The van der Waals surface area contributed by atoms with Gasteiger partial charge in [0.1, 0.15) is 10.7 Å². The molecule has 8 nitrogen and oxygen atoms in total. The highest BCUT2D eigenvalue weighted by Crippen LogP contribution is 2.24. The second-order valence-electron chi connectivity index (χ2n) is 7.24. The summed E-state index contributed by atoms with van der Waals surface area (Å²) < 4.78 is 6.58. The Morgan fingerprint density at radius 3 is 2.36 bits per heavy atom. The van der Waals surface area contributed by atoms with Gasteiger partial charge in [0, 0.05) is 5.54 Å². The molecule has 0 aliphatic heterocycles. The number of carbonyl (C=O) groups excluding carboxylic acids is 3. The van der Waals surface area contributed by atoms with E-state index in [4.69, 9.17) is 16.3 Å². The van der Waals surface area contributed by atoms with Gasteiger partial charge in [-0.3, -0.25) is 10.1 Å². The van der Waals surface area contributed by atoms with E-state index in [1.807, 2.05) is 18.2 Å². The van der Waals surface area contributed by atoms with Gasteiger partial charge in [-0.1, -0.05) is 29.8 Å². The van der Waals surface area contributed by atoms with Crippen molar-refractivity contribution >= 4 is 29.5 Å². The van der Waals surface area contributed by atoms with Crippen molar-refractivity contribution in [2.45, 2.75) is 46.3 Å². The Bertz CT molecular complexity index is 887. The van der Waals surface area contributed by atoms with Gasteiger partial charge in [-0.05, 0) is 46.8 Å². The van der Waals surface area contributed by atoms with Crippen LogP contribution >= 0.6 is 11.6 Å². The van der Waals surface area contributed by atoms with Gasteiger partial charge < -0.3 is 10.1 Å². The van der Waals surface area contributed by atoms with Crippen LogP contribution in [0, 0.1) is 6.92 Å². The first kappa shape index (κ1) is 21.4. The van der Waals surface area contributed by atoms with Gasteiger partial charge in [0.25, 0.3) is 5.91 Å². The number of hydrogen-bond donors (Lipinski definition) is 2. The maximum Gasteiger partial charge on any atom is 0.344 e. The van der Waals surface area contributed by atoms with Crippen LogP contribution < -0.4 is 10.6 Å². The summed E-state index contributed by atoms with van der Waals surface area (Å²) in [7, 11) is 0. The Balaban J connectivity index is 2.09. The van der Waals surface area contributed by atoms with Gasteiger partial charge >= 0.3 is 12.0 Å². The molecule has 1 atom stereocenters. The molecule has 0 aliphatic rings. The first-order chi connectivity index (χ1) is 13.0. The fraction of sp³-hybridized carbons (Fsp3) is 0.368. The fourth-order valence-corrected chi connectivity index (χ4v) is 2.68. The van der Waals surface area contributed by atoms with E-state index in [2.05, 4.69) is 15.7 Å². The zero-order valence-electron chi connectivity index (χ0n) is 16.4. The zero-order chi connectivity index (χ0) is 21.1. The number of halogens is 1. The van der Waals surface area contributed by atoms with Crippen molar-refractivity contribution in [1.29, 1.82) is 0 Å². The summed E-state index contributed by atoms with van der Waals surface area (Å²) in [6.07, 6.45) is -1.20. The number of carbonyl (C=O) groups is 3. The third kappa shape index (κ3) is 5.32. The SMILES string of the molecule is Cc1nn(-c2ccccc2)c(Cl)c1C(=O)O[C@H](C)C(=O)NC(=O)NC(C)(C)C. The normalized spacial score (nSPS) is 12.2. The highest BCUT2D eigenvalue weighted by molar-refractivity contribution is 6.33. The molecule has 1 aromatic carbocycles. The van der Waals surface area contributed by atoms with Gasteiger partial charge in [0.05, 0.1) is 11.4 Å². The lowest BCUT2D eigenvalue weighted by molar-refractivity contribution is -0.127. The number of nitrogens with one attached hydrogen (secondary N) is 2. The Kier molecular flexibility index (Phi) is 6.45. The van der Waals surface area contributed by atoms with E-state index in [-0.39, 0.29) is 10.7 Å². The van der Waals surface area contributed by atoms with E-state index >= 15 is 0 Å². The van der Waals surface area contributed by atoms with Crippen LogP contribution in [0.2, 0.25) is 5.15 Å². The number of hydrogen-bond acceptors (Lipinski definition) is 5. The molecule has 2 aromatic rings. The Morgan fingerprint density at radius 2 is 1.79 bits per heavy atom. The predicted octanol–water partition coefficient (Wildman–Crippen LogP) is 3.00. The summed E-state index contributed by atoms with van der Waals surface area (Å²) in [4.78, 5) is 36.4. The number of nitrogens with zero attached hydrogens (tertiary/aromatic N) is 2. The molecule has 0 saturated heterocycles. The Labute approximate surface area is 168 Å². The molecule has 9 heteroatoms. The lowest BCUT2D eigenvalue weighted by Gasteiger charge is -2.21. The topological polar surface area (TPSA) is 102 Å². The number of amides is 3. The largest absolute Gasteiger partial charge is 0.449 e. The van der Waals surface area contributed by atoms with Crippen molar-refractivity contribution in [1.82, 2.24) is 20.4 Å². The van der Waals surface area contributed by atoms with Crippen LogP contribution in [0.4, 0.5) is 4.79 Å². The van der Waals surface area contributed by atoms with Crippen LogP contribution in [-0.2, 0) is 9.53 Å². The molecule has 0 radical (unpaired) electrons. The molecule has 150 valence electrons. The Morgan fingerprint density at radius 1 is 1.18 bits per heavy atom. The maximum absolute atomic E-state index is 12.5. The van der Waals surface area contributed by atoms with Crippen LogP contribution in [-0.4, -0.2) is 39.3 Å². The zero-order valence-corrected chi connectivity index (χ0v) is 17.1. The number of urea groups is 1. The van der Waals surface area contributed by atoms with Gasteiger partial charge in [0.2, 0.25) is 0 Å². The van der Waals surface area contributed by atoms with Crippen LogP contribution in [0.25, 0.3) is 5.69 Å². The number of benzene rings is 1. The van der Waals surface area contributed by atoms with Crippen LogP contribution in [0.5, 0.6) is 0 Å². The molecule has 0 spiro atoms. The van der Waals surface area contributed by atoms with E-state index in [1.165, 1.54) is 11.6 Å². The average Bonchev–Trinajstić information content (AvgIpc) is 2.88. The number of rotatable bonds is 4. The van der Waals surface area contributed by atoms with Crippen molar-refractivity contribution < 1.29 is 19.1 Å². The van der Waals surface area contributed by atoms with Gasteiger partial charge in [-0.25, -0.2) is 14.3 Å². The number of aromatic nitrogens is 2. The molecule has 2 rings (SSSR count).